The summed E-state index contributed by atoms with van der Waals surface area (Å²) in [5.74, 6) is 0.936. The second-order valence-corrected chi connectivity index (χ2v) is 4.74. The molecule has 0 bridgehead atoms. The van der Waals surface area contributed by atoms with Crippen LogP contribution in [0.2, 0.25) is 0 Å². The molecule has 15 heavy (non-hydrogen) atoms. The monoisotopic (exact) mass is 212 g/mol. The van der Waals surface area contributed by atoms with E-state index in [4.69, 9.17) is 9.47 Å². The van der Waals surface area contributed by atoms with E-state index in [0.29, 0.717) is 31.3 Å². The molecule has 0 aromatic carbocycles. The molecule has 3 heteroatoms. The number of carbonyl (C=O) groups is 1. The number of Topliss-reactive ketones (excluding diaryl/α,β-unsaturated/α-hetero) is 1. The van der Waals surface area contributed by atoms with Crippen molar-refractivity contribution in [3.05, 3.63) is 0 Å². The average Bonchev–Trinajstić information content (AvgIpc) is 2.24. The van der Waals surface area contributed by atoms with Crippen LogP contribution in [0.25, 0.3) is 0 Å². The highest BCUT2D eigenvalue weighted by Crippen LogP contribution is 2.34. The highest BCUT2D eigenvalue weighted by molar-refractivity contribution is 5.87. The summed E-state index contributed by atoms with van der Waals surface area (Å²) in [5, 5.41) is 0. The van der Waals surface area contributed by atoms with Crippen molar-refractivity contribution < 1.29 is 14.3 Å². The van der Waals surface area contributed by atoms with E-state index in [1.54, 1.807) is 7.11 Å². The lowest BCUT2D eigenvalue weighted by atomic mass is 9.77. The fourth-order valence-corrected chi connectivity index (χ4v) is 2.44. The maximum atomic E-state index is 12.2. The van der Waals surface area contributed by atoms with Gasteiger partial charge in [0.05, 0.1) is 0 Å². The van der Waals surface area contributed by atoms with Crippen LogP contribution >= 0.6 is 0 Å². The quantitative estimate of drug-likeness (QED) is 0.714. The maximum absolute atomic E-state index is 12.2. The topological polar surface area (TPSA) is 35.5 Å². The van der Waals surface area contributed by atoms with E-state index < -0.39 is 5.60 Å². The summed E-state index contributed by atoms with van der Waals surface area (Å²) < 4.78 is 10.8. The number of rotatable bonds is 4. The lowest BCUT2D eigenvalue weighted by Gasteiger charge is -2.36. The van der Waals surface area contributed by atoms with Crippen LogP contribution < -0.4 is 0 Å². The van der Waals surface area contributed by atoms with E-state index in [1.807, 2.05) is 0 Å². The van der Waals surface area contributed by atoms with Crippen molar-refractivity contribution in [1.29, 1.82) is 0 Å². The number of ketones is 1. The van der Waals surface area contributed by atoms with Gasteiger partial charge in [-0.25, -0.2) is 0 Å². The Bertz CT molecular complexity index is 227. The summed E-state index contributed by atoms with van der Waals surface area (Å²) in [7, 11) is 1.66. The van der Waals surface area contributed by atoms with Gasteiger partial charge in [-0.2, -0.15) is 0 Å². The molecular formula is C12H20O3. The molecule has 2 aliphatic rings. The van der Waals surface area contributed by atoms with E-state index in [-0.39, 0.29) is 0 Å². The second-order valence-electron chi connectivity index (χ2n) is 4.74. The number of ether oxygens (including phenoxy) is 2. The highest BCUT2D eigenvalue weighted by Gasteiger charge is 2.40. The Labute approximate surface area is 91.1 Å². The molecule has 1 aliphatic carbocycles. The van der Waals surface area contributed by atoms with Crippen LogP contribution in [0.3, 0.4) is 0 Å². The van der Waals surface area contributed by atoms with Gasteiger partial charge in [-0.15, -0.1) is 0 Å². The van der Waals surface area contributed by atoms with Crippen LogP contribution in [-0.2, 0) is 14.3 Å². The minimum atomic E-state index is -0.520. The molecular weight excluding hydrogens is 192 g/mol. The van der Waals surface area contributed by atoms with E-state index in [1.165, 1.54) is 19.3 Å². The smallest absolute Gasteiger partial charge is 0.165 e. The fraction of sp³-hybridized carbons (Fsp3) is 0.917. The summed E-state index contributed by atoms with van der Waals surface area (Å²) in [5.41, 5.74) is -0.520. The number of hydrogen-bond donors (Lipinski definition) is 0. The molecule has 1 saturated heterocycles. The molecule has 0 radical (unpaired) electrons. The van der Waals surface area contributed by atoms with E-state index in [9.17, 15) is 4.79 Å². The molecule has 3 nitrogen and oxygen atoms in total. The summed E-state index contributed by atoms with van der Waals surface area (Å²) in [4.78, 5) is 12.2. The van der Waals surface area contributed by atoms with Crippen molar-refractivity contribution in [3.63, 3.8) is 0 Å². The average molecular weight is 212 g/mol. The first-order valence-electron chi connectivity index (χ1n) is 5.93. The van der Waals surface area contributed by atoms with Crippen molar-refractivity contribution in [1.82, 2.24) is 0 Å². The van der Waals surface area contributed by atoms with Gasteiger partial charge < -0.3 is 9.47 Å². The van der Waals surface area contributed by atoms with Gasteiger partial charge in [-0.3, -0.25) is 4.79 Å². The van der Waals surface area contributed by atoms with Gasteiger partial charge in [0.2, 0.25) is 0 Å². The minimum Gasteiger partial charge on any atom is -0.381 e. The first kappa shape index (κ1) is 11.1. The molecule has 1 heterocycles. The lowest BCUT2D eigenvalue weighted by Crippen LogP contribution is -2.46. The molecule has 0 unspecified atom stereocenters. The Morgan fingerprint density at radius 1 is 1.40 bits per heavy atom. The molecule has 2 rings (SSSR count). The van der Waals surface area contributed by atoms with Gasteiger partial charge in [0.1, 0.15) is 5.60 Å². The summed E-state index contributed by atoms with van der Waals surface area (Å²) in [6, 6.07) is 0. The lowest BCUT2D eigenvalue weighted by molar-refractivity contribution is -0.154. The van der Waals surface area contributed by atoms with Crippen LogP contribution in [0.15, 0.2) is 0 Å². The molecule has 0 spiro atoms. The van der Waals surface area contributed by atoms with Gasteiger partial charge >= 0.3 is 0 Å². The summed E-state index contributed by atoms with van der Waals surface area (Å²) in [6.07, 6.45) is 5.92. The Balaban J connectivity index is 1.93. The van der Waals surface area contributed by atoms with Gasteiger partial charge in [-0.1, -0.05) is 19.3 Å². The molecule has 2 fully saturated rings. The molecule has 1 aliphatic heterocycles. The fourth-order valence-electron chi connectivity index (χ4n) is 2.44. The largest absolute Gasteiger partial charge is 0.381 e. The Kier molecular flexibility index (Phi) is 3.42. The third-order valence-electron chi connectivity index (χ3n) is 3.90. The van der Waals surface area contributed by atoms with Crippen LogP contribution in [0.1, 0.15) is 38.5 Å². The molecule has 0 aromatic heterocycles. The second kappa shape index (κ2) is 4.62. The van der Waals surface area contributed by atoms with Crippen molar-refractivity contribution in [2.24, 2.45) is 5.92 Å². The zero-order valence-corrected chi connectivity index (χ0v) is 9.46. The summed E-state index contributed by atoms with van der Waals surface area (Å²) in [6.45, 7) is 1.31. The van der Waals surface area contributed by atoms with Gasteiger partial charge in [0, 0.05) is 39.6 Å². The van der Waals surface area contributed by atoms with Gasteiger partial charge in [0.15, 0.2) is 5.78 Å². The first-order chi connectivity index (χ1) is 7.27. The number of methoxy groups -OCH3 is 1. The SMILES string of the molecule is COC1(C(=O)CC2CCC2)CCOCC1. The molecule has 0 aromatic rings. The van der Waals surface area contributed by atoms with Crippen molar-refractivity contribution in [2.45, 2.75) is 44.1 Å². The first-order valence-corrected chi connectivity index (χ1v) is 5.93. The van der Waals surface area contributed by atoms with E-state index >= 15 is 0 Å². The maximum Gasteiger partial charge on any atom is 0.165 e. The molecule has 0 N–H and O–H groups in total. The third kappa shape index (κ3) is 2.23. The van der Waals surface area contributed by atoms with Crippen molar-refractivity contribution in [2.75, 3.05) is 20.3 Å². The molecule has 86 valence electrons. The normalized spacial score (nSPS) is 25.9. The van der Waals surface area contributed by atoms with Crippen LogP contribution in [0.4, 0.5) is 0 Å². The predicted molar refractivity (Wildman–Crippen MR) is 56.8 cm³/mol. The minimum absolute atomic E-state index is 0.304. The van der Waals surface area contributed by atoms with E-state index in [2.05, 4.69) is 0 Å². The van der Waals surface area contributed by atoms with Crippen molar-refractivity contribution in [3.8, 4) is 0 Å². The Morgan fingerprint density at radius 3 is 2.53 bits per heavy atom. The highest BCUT2D eigenvalue weighted by atomic mass is 16.5. The van der Waals surface area contributed by atoms with Crippen LogP contribution in [-0.4, -0.2) is 31.7 Å². The van der Waals surface area contributed by atoms with Crippen molar-refractivity contribution >= 4 is 5.78 Å². The molecule has 0 amide bonds. The van der Waals surface area contributed by atoms with Gasteiger partial charge in [0.25, 0.3) is 0 Å². The standard InChI is InChI=1S/C12H20O3/c1-14-12(5-7-15-8-6-12)11(13)9-10-3-2-4-10/h10H,2-9H2,1H3. The summed E-state index contributed by atoms with van der Waals surface area (Å²) >= 11 is 0. The zero-order valence-electron chi connectivity index (χ0n) is 9.46. The predicted octanol–water partition coefficient (Wildman–Crippen LogP) is 1.94. The molecule has 0 atom stereocenters. The van der Waals surface area contributed by atoms with Crippen LogP contribution in [0, 0.1) is 5.92 Å². The Morgan fingerprint density at radius 2 is 2.07 bits per heavy atom. The zero-order chi connectivity index (χ0) is 10.7. The Hall–Kier alpha value is -0.410. The number of hydrogen-bond acceptors (Lipinski definition) is 3. The van der Waals surface area contributed by atoms with E-state index in [0.717, 1.165) is 12.8 Å². The van der Waals surface area contributed by atoms with Crippen LogP contribution in [0.5, 0.6) is 0 Å². The third-order valence-corrected chi connectivity index (χ3v) is 3.90. The molecule has 1 saturated carbocycles. The number of carbonyl (C=O) groups excluding carboxylic acids is 1. The van der Waals surface area contributed by atoms with Gasteiger partial charge in [-0.05, 0) is 5.92 Å².